The predicted octanol–water partition coefficient (Wildman–Crippen LogP) is 2.97. The molecule has 0 aromatic carbocycles. The summed E-state index contributed by atoms with van der Waals surface area (Å²) < 4.78 is 0. The van der Waals surface area contributed by atoms with Crippen molar-refractivity contribution in [1.82, 2.24) is 0 Å². The molecule has 1 N–H and O–H groups in total. The highest BCUT2D eigenvalue weighted by Gasteiger charge is 2.36. The quantitative estimate of drug-likeness (QED) is 0.661. The molecule has 2 rings (SSSR count). The lowest BCUT2D eigenvalue weighted by molar-refractivity contribution is 0.0130. The Balaban J connectivity index is 2.02. The third-order valence-electron chi connectivity index (χ3n) is 4.25. The largest absolute Gasteiger partial charge is 0.393 e. The Morgan fingerprint density at radius 3 is 2.46 bits per heavy atom. The first-order chi connectivity index (χ1) is 6.29. The van der Waals surface area contributed by atoms with Crippen LogP contribution in [0.3, 0.4) is 0 Å². The monoisotopic (exact) mass is 182 g/mol. The first kappa shape index (κ1) is 9.51. The molecule has 0 amide bonds. The van der Waals surface area contributed by atoms with Crippen molar-refractivity contribution < 1.29 is 5.11 Å². The maximum atomic E-state index is 9.72. The van der Waals surface area contributed by atoms with E-state index in [2.05, 4.69) is 0 Å². The summed E-state index contributed by atoms with van der Waals surface area (Å²) in [7, 11) is 0. The van der Waals surface area contributed by atoms with Gasteiger partial charge in [0.25, 0.3) is 0 Å². The molecule has 2 fully saturated rings. The highest BCUT2D eigenvalue weighted by molar-refractivity contribution is 4.87. The maximum Gasteiger partial charge on any atom is 0.0543 e. The fourth-order valence-electron chi connectivity index (χ4n) is 3.59. The second kappa shape index (κ2) is 4.00. The Kier molecular flexibility index (Phi) is 2.92. The van der Waals surface area contributed by atoms with Gasteiger partial charge in [-0.25, -0.2) is 0 Å². The molecular weight excluding hydrogens is 160 g/mol. The average molecular weight is 182 g/mol. The minimum Gasteiger partial charge on any atom is -0.393 e. The Labute approximate surface area is 81.5 Å². The molecule has 0 aromatic rings. The predicted molar refractivity (Wildman–Crippen MR) is 54.5 cm³/mol. The van der Waals surface area contributed by atoms with Crippen molar-refractivity contribution in [2.24, 2.45) is 17.8 Å². The smallest absolute Gasteiger partial charge is 0.0543 e. The van der Waals surface area contributed by atoms with Crippen molar-refractivity contribution in [2.45, 2.75) is 58.0 Å². The van der Waals surface area contributed by atoms with Crippen molar-refractivity contribution in [3.63, 3.8) is 0 Å². The molecule has 13 heavy (non-hydrogen) atoms. The first-order valence-corrected chi connectivity index (χ1v) is 5.97. The van der Waals surface area contributed by atoms with E-state index >= 15 is 0 Å². The van der Waals surface area contributed by atoms with E-state index in [1.54, 1.807) is 0 Å². The third kappa shape index (κ3) is 1.90. The lowest BCUT2D eigenvalue weighted by atomic mass is 9.64. The fourth-order valence-corrected chi connectivity index (χ4v) is 3.59. The van der Waals surface area contributed by atoms with Gasteiger partial charge in [0, 0.05) is 0 Å². The summed E-state index contributed by atoms with van der Waals surface area (Å²) in [6.07, 6.45) is 9.68. The molecule has 2 aliphatic carbocycles. The second-order valence-corrected chi connectivity index (χ2v) is 5.04. The molecule has 1 heteroatoms. The lowest BCUT2D eigenvalue weighted by Gasteiger charge is -2.42. The van der Waals surface area contributed by atoms with Gasteiger partial charge in [-0.3, -0.25) is 0 Å². The Bertz CT molecular complexity index is 163. The van der Waals surface area contributed by atoms with E-state index in [0.717, 1.165) is 11.8 Å². The molecule has 0 saturated heterocycles. The number of hydrogen-bond donors (Lipinski definition) is 1. The van der Waals surface area contributed by atoms with Crippen LogP contribution >= 0.6 is 0 Å². The van der Waals surface area contributed by atoms with Crippen LogP contribution < -0.4 is 0 Å². The molecule has 0 heterocycles. The van der Waals surface area contributed by atoms with Crippen LogP contribution in [0.15, 0.2) is 0 Å². The number of rotatable bonds is 1. The maximum absolute atomic E-state index is 9.72. The van der Waals surface area contributed by atoms with Gasteiger partial charge in [-0.05, 0) is 37.5 Å². The van der Waals surface area contributed by atoms with Gasteiger partial charge in [-0.2, -0.15) is 0 Å². The van der Waals surface area contributed by atoms with Crippen LogP contribution in [0.4, 0.5) is 0 Å². The summed E-state index contributed by atoms with van der Waals surface area (Å²) in [6, 6.07) is 0. The minimum atomic E-state index is -0.0640. The SMILES string of the molecule is CC(O)[C@H]1CCCC2CCCCC21. The van der Waals surface area contributed by atoms with Crippen molar-refractivity contribution >= 4 is 0 Å². The van der Waals surface area contributed by atoms with Crippen LogP contribution in [0.1, 0.15) is 51.9 Å². The van der Waals surface area contributed by atoms with E-state index in [1.807, 2.05) is 6.92 Å². The number of aliphatic hydroxyl groups excluding tert-OH is 1. The van der Waals surface area contributed by atoms with E-state index < -0.39 is 0 Å². The molecule has 3 unspecified atom stereocenters. The highest BCUT2D eigenvalue weighted by Crippen LogP contribution is 2.44. The second-order valence-electron chi connectivity index (χ2n) is 5.04. The van der Waals surface area contributed by atoms with Gasteiger partial charge in [0.05, 0.1) is 6.10 Å². The zero-order valence-corrected chi connectivity index (χ0v) is 8.71. The molecule has 0 radical (unpaired) electrons. The van der Waals surface area contributed by atoms with Gasteiger partial charge in [0.2, 0.25) is 0 Å². The van der Waals surface area contributed by atoms with Crippen LogP contribution in [0.5, 0.6) is 0 Å². The fraction of sp³-hybridized carbons (Fsp3) is 1.00. The van der Waals surface area contributed by atoms with E-state index in [1.165, 1.54) is 44.9 Å². The Morgan fingerprint density at radius 1 is 1.00 bits per heavy atom. The molecule has 0 aromatic heterocycles. The molecule has 2 saturated carbocycles. The van der Waals surface area contributed by atoms with Gasteiger partial charge in [-0.15, -0.1) is 0 Å². The average Bonchev–Trinajstić information content (AvgIpc) is 2.17. The first-order valence-electron chi connectivity index (χ1n) is 5.97. The van der Waals surface area contributed by atoms with Gasteiger partial charge < -0.3 is 5.11 Å². The van der Waals surface area contributed by atoms with Crippen molar-refractivity contribution in [3.05, 3.63) is 0 Å². The summed E-state index contributed by atoms with van der Waals surface area (Å²) in [5.74, 6) is 2.45. The van der Waals surface area contributed by atoms with Gasteiger partial charge in [0.15, 0.2) is 0 Å². The van der Waals surface area contributed by atoms with Crippen LogP contribution in [0.2, 0.25) is 0 Å². The molecule has 76 valence electrons. The van der Waals surface area contributed by atoms with Gasteiger partial charge >= 0.3 is 0 Å². The minimum absolute atomic E-state index is 0.0640. The Hall–Kier alpha value is -0.0400. The van der Waals surface area contributed by atoms with Crippen LogP contribution in [-0.4, -0.2) is 11.2 Å². The molecule has 2 aliphatic rings. The molecular formula is C12H22O. The van der Waals surface area contributed by atoms with Crippen LogP contribution in [0, 0.1) is 17.8 Å². The molecule has 0 spiro atoms. The van der Waals surface area contributed by atoms with Crippen molar-refractivity contribution in [2.75, 3.05) is 0 Å². The summed E-state index contributed by atoms with van der Waals surface area (Å²) in [6.45, 7) is 1.99. The van der Waals surface area contributed by atoms with Crippen molar-refractivity contribution in [1.29, 1.82) is 0 Å². The highest BCUT2D eigenvalue weighted by atomic mass is 16.3. The zero-order chi connectivity index (χ0) is 9.26. The summed E-state index contributed by atoms with van der Waals surface area (Å²) in [5, 5.41) is 9.72. The molecule has 4 atom stereocenters. The number of aliphatic hydroxyl groups is 1. The topological polar surface area (TPSA) is 20.2 Å². The normalized spacial score (nSPS) is 42.5. The summed E-state index contributed by atoms with van der Waals surface area (Å²) in [5.41, 5.74) is 0. The van der Waals surface area contributed by atoms with E-state index in [9.17, 15) is 5.11 Å². The lowest BCUT2D eigenvalue weighted by Crippen LogP contribution is -2.36. The van der Waals surface area contributed by atoms with E-state index in [0.29, 0.717) is 5.92 Å². The molecule has 1 nitrogen and oxygen atoms in total. The molecule has 0 bridgehead atoms. The van der Waals surface area contributed by atoms with Crippen molar-refractivity contribution in [3.8, 4) is 0 Å². The van der Waals surface area contributed by atoms with Crippen LogP contribution in [0.25, 0.3) is 0 Å². The van der Waals surface area contributed by atoms with E-state index in [-0.39, 0.29) is 6.10 Å². The summed E-state index contributed by atoms with van der Waals surface area (Å²) >= 11 is 0. The standard InChI is InChI=1S/C12H22O/c1-9(13)11-8-4-6-10-5-2-3-7-12(10)11/h9-13H,2-8H2,1H3/t9?,10?,11-,12?/m1/s1. The number of hydrogen-bond acceptors (Lipinski definition) is 1. The Morgan fingerprint density at radius 2 is 1.69 bits per heavy atom. The van der Waals surface area contributed by atoms with Crippen LogP contribution in [-0.2, 0) is 0 Å². The van der Waals surface area contributed by atoms with Gasteiger partial charge in [-0.1, -0.05) is 32.1 Å². The van der Waals surface area contributed by atoms with E-state index in [4.69, 9.17) is 0 Å². The summed E-state index contributed by atoms with van der Waals surface area (Å²) in [4.78, 5) is 0. The zero-order valence-electron chi connectivity index (χ0n) is 8.71. The number of fused-ring (bicyclic) bond motifs is 1. The van der Waals surface area contributed by atoms with Gasteiger partial charge in [0.1, 0.15) is 0 Å². The third-order valence-corrected chi connectivity index (χ3v) is 4.25. The molecule has 0 aliphatic heterocycles.